The van der Waals surface area contributed by atoms with E-state index in [1.54, 1.807) is 0 Å². The van der Waals surface area contributed by atoms with Gasteiger partial charge in [0.05, 0.1) is 0 Å². The summed E-state index contributed by atoms with van der Waals surface area (Å²) in [6, 6.07) is 7.45. The van der Waals surface area contributed by atoms with Gasteiger partial charge in [0, 0.05) is 24.6 Å². The van der Waals surface area contributed by atoms with Gasteiger partial charge in [-0.2, -0.15) is 0 Å². The van der Waals surface area contributed by atoms with Crippen molar-refractivity contribution in [2.45, 2.75) is 38.5 Å². The van der Waals surface area contributed by atoms with E-state index in [0.717, 1.165) is 43.6 Å². The van der Waals surface area contributed by atoms with Crippen molar-refractivity contribution in [2.75, 3.05) is 31.5 Å². The third-order valence-electron chi connectivity index (χ3n) is 4.47. The number of guanidine groups is 1. The molecule has 1 atom stereocenters. The summed E-state index contributed by atoms with van der Waals surface area (Å²) < 4.78 is 0. The van der Waals surface area contributed by atoms with Gasteiger partial charge >= 0.3 is 0 Å². The van der Waals surface area contributed by atoms with Crippen LogP contribution in [-0.2, 0) is 16.0 Å². The molecule has 0 aliphatic carbocycles. The monoisotopic (exact) mass is 405 g/mol. The Morgan fingerprint density at radius 1 is 1.00 bits per heavy atom. The number of carbonyl (C=O) groups excluding carboxylic acids is 2. The van der Waals surface area contributed by atoms with Gasteiger partial charge in [0.2, 0.25) is 11.8 Å². The molecule has 0 saturated carbocycles. The molecule has 29 heavy (non-hydrogen) atoms. The zero-order valence-electron chi connectivity index (χ0n) is 17.0. The van der Waals surface area contributed by atoms with Gasteiger partial charge in [-0.05, 0) is 69.4 Å². The number of hydrogen-bond donors (Lipinski definition) is 7. The number of amides is 2. The summed E-state index contributed by atoms with van der Waals surface area (Å²) in [7, 11) is 0. The van der Waals surface area contributed by atoms with Crippen molar-refractivity contribution >= 4 is 23.5 Å². The van der Waals surface area contributed by atoms with Crippen molar-refractivity contribution in [3.63, 3.8) is 0 Å². The number of benzene rings is 1. The lowest BCUT2D eigenvalue weighted by Crippen LogP contribution is -2.34. The number of primary amides is 1. The molecule has 1 aromatic rings. The summed E-state index contributed by atoms with van der Waals surface area (Å²) in [5.41, 5.74) is 17.8. The molecule has 1 unspecified atom stereocenters. The van der Waals surface area contributed by atoms with Gasteiger partial charge in [-0.15, -0.1) is 0 Å². The first-order valence-corrected chi connectivity index (χ1v) is 10.1. The van der Waals surface area contributed by atoms with Gasteiger partial charge in [0.25, 0.3) is 0 Å². The molecule has 9 nitrogen and oxygen atoms in total. The smallest absolute Gasteiger partial charge is 0.223 e. The van der Waals surface area contributed by atoms with Crippen molar-refractivity contribution < 1.29 is 9.59 Å². The molecule has 0 spiro atoms. The van der Waals surface area contributed by atoms with Gasteiger partial charge in [-0.3, -0.25) is 15.0 Å². The number of unbranched alkanes of at least 4 members (excludes halogenated alkanes) is 1. The minimum atomic E-state index is -0.477. The third kappa shape index (κ3) is 11.7. The molecular formula is C20H35N7O2. The number of nitrogens with two attached hydrogens (primary N) is 3. The van der Waals surface area contributed by atoms with Crippen LogP contribution >= 0.6 is 0 Å². The quantitative estimate of drug-likeness (QED) is 0.125. The van der Waals surface area contributed by atoms with E-state index in [-0.39, 0.29) is 18.3 Å². The molecule has 2 amide bonds. The number of hydrogen-bond acceptors (Lipinski definition) is 5. The summed E-state index contributed by atoms with van der Waals surface area (Å²) in [4.78, 5) is 23.8. The Kier molecular flexibility index (Phi) is 12.1. The van der Waals surface area contributed by atoms with Gasteiger partial charge in [0.1, 0.15) is 0 Å². The van der Waals surface area contributed by atoms with E-state index in [1.165, 1.54) is 0 Å². The highest BCUT2D eigenvalue weighted by Gasteiger charge is 2.20. The molecule has 1 aromatic carbocycles. The number of anilines is 1. The van der Waals surface area contributed by atoms with E-state index in [4.69, 9.17) is 22.6 Å². The van der Waals surface area contributed by atoms with E-state index in [1.807, 2.05) is 24.3 Å². The highest BCUT2D eigenvalue weighted by Crippen LogP contribution is 2.16. The fraction of sp³-hybridized carbons (Fsp3) is 0.550. The predicted octanol–water partition coefficient (Wildman–Crippen LogP) is 0.251. The average molecular weight is 406 g/mol. The van der Waals surface area contributed by atoms with Crippen LogP contribution < -0.4 is 33.2 Å². The zero-order chi connectivity index (χ0) is 21.5. The summed E-state index contributed by atoms with van der Waals surface area (Å²) in [5.74, 6) is -1.17. The van der Waals surface area contributed by atoms with E-state index in [2.05, 4.69) is 16.0 Å². The normalized spacial score (nSPS) is 11.6. The summed E-state index contributed by atoms with van der Waals surface area (Å²) >= 11 is 0. The van der Waals surface area contributed by atoms with Crippen molar-refractivity contribution in [1.29, 1.82) is 5.41 Å². The highest BCUT2D eigenvalue weighted by atomic mass is 16.2. The summed E-state index contributed by atoms with van der Waals surface area (Å²) in [6.07, 6.45) is 4.02. The van der Waals surface area contributed by atoms with Crippen LogP contribution in [0.15, 0.2) is 24.3 Å². The van der Waals surface area contributed by atoms with Gasteiger partial charge < -0.3 is 33.2 Å². The van der Waals surface area contributed by atoms with Gasteiger partial charge in [0.15, 0.2) is 5.96 Å². The maximum Gasteiger partial charge on any atom is 0.223 e. The predicted molar refractivity (Wildman–Crippen MR) is 116 cm³/mol. The second-order valence-electron chi connectivity index (χ2n) is 7.03. The van der Waals surface area contributed by atoms with Crippen molar-refractivity contribution in [2.24, 2.45) is 23.1 Å². The molecule has 0 saturated heterocycles. The Balaban J connectivity index is 2.39. The lowest BCUT2D eigenvalue weighted by Gasteiger charge is -2.16. The molecule has 0 heterocycles. The molecule has 0 aromatic heterocycles. The van der Waals surface area contributed by atoms with Crippen molar-refractivity contribution in [3.05, 3.63) is 29.8 Å². The number of carbonyl (C=O) groups is 2. The van der Waals surface area contributed by atoms with E-state index >= 15 is 0 Å². The van der Waals surface area contributed by atoms with E-state index in [0.29, 0.717) is 25.9 Å². The SMILES string of the molecule is N=C(N)Nc1ccc(CCC(CC(N)=O)C(=O)NCCCCNCCCN)cc1. The number of nitrogens with one attached hydrogen (secondary N) is 4. The minimum absolute atomic E-state index is 0.0381. The van der Waals surface area contributed by atoms with Crippen LogP contribution in [0.3, 0.4) is 0 Å². The Bertz CT molecular complexity index is 634. The maximum absolute atomic E-state index is 12.5. The molecule has 0 fully saturated rings. The Morgan fingerprint density at radius 3 is 2.28 bits per heavy atom. The van der Waals surface area contributed by atoms with Crippen LogP contribution in [0.4, 0.5) is 5.69 Å². The van der Waals surface area contributed by atoms with E-state index in [9.17, 15) is 9.59 Å². The molecular weight excluding hydrogens is 370 g/mol. The average Bonchev–Trinajstić information content (AvgIpc) is 2.67. The standard InChI is InChI=1S/C20H35N7O2/c21-10-3-12-25-11-1-2-13-26-19(29)16(14-18(22)28)7-4-15-5-8-17(9-6-15)27-20(23)24/h5-6,8-9,16,25H,1-4,7,10-14,21H2,(H2,22,28)(H,26,29)(H4,23,24,27). The molecule has 0 aliphatic heterocycles. The fourth-order valence-corrected chi connectivity index (χ4v) is 2.90. The molecule has 1 rings (SSSR count). The fourth-order valence-electron chi connectivity index (χ4n) is 2.90. The lowest BCUT2D eigenvalue weighted by molar-refractivity contribution is -0.129. The van der Waals surface area contributed by atoms with Crippen molar-refractivity contribution in [1.82, 2.24) is 10.6 Å². The van der Waals surface area contributed by atoms with Crippen LogP contribution in [0, 0.1) is 11.3 Å². The summed E-state index contributed by atoms with van der Waals surface area (Å²) in [5, 5.41) is 16.2. The second-order valence-corrected chi connectivity index (χ2v) is 7.03. The molecule has 10 N–H and O–H groups in total. The van der Waals surface area contributed by atoms with Gasteiger partial charge in [-0.1, -0.05) is 12.1 Å². The van der Waals surface area contributed by atoms with Crippen LogP contribution in [-0.4, -0.2) is 44.0 Å². The van der Waals surface area contributed by atoms with Crippen LogP contribution in [0.25, 0.3) is 0 Å². The first-order valence-electron chi connectivity index (χ1n) is 10.1. The van der Waals surface area contributed by atoms with Gasteiger partial charge in [-0.25, -0.2) is 0 Å². The first-order chi connectivity index (χ1) is 13.9. The van der Waals surface area contributed by atoms with Crippen LogP contribution in [0.2, 0.25) is 0 Å². The Labute approximate surface area is 172 Å². The zero-order valence-corrected chi connectivity index (χ0v) is 17.0. The highest BCUT2D eigenvalue weighted by molar-refractivity contribution is 5.89. The molecule has 0 bridgehead atoms. The second kappa shape index (κ2) is 14.4. The lowest BCUT2D eigenvalue weighted by atomic mass is 9.95. The van der Waals surface area contributed by atoms with Crippen molar-refractivity contribution in [3.8, 4) is 0 Å². The molecule has 9 heteroatoms. The minimum Gasteiger partial charge on any atom is -0.370 e. The summed E-state index contributed by atoms with van der Waals surface area (Å²) in [6.45, 7) is 3.08. The third-order valence-corrected chi connectivity index (χ3v) is 4.47. The number of aryl methyl sites for hydroxylation is 1. The molecule has 0 radical (unpaired) electrons. The Morgan fingerprint density at radius 2 is 1.66 bits per heavy atom. The number of rotatable bonds is 15. The molecule has 0 aliphatic rings. The topological polar surface area (TPSA) is 172 Å². The largest absolute Gasteiger partial charge is 0.370 e. The Hall–Kier alpha value is -2.65. The first kappa shape index (κ1) is 24.4. The van der Waals surface area contributed by atoms with Crippen LogP contribution in [0.5, 0.6) is 0 Å². The van der Waals surface area contributed by atoms with Crippen LogP contribution in [0.1, 0.15) is 37.7 Å². The maximum atomic E-state index is 12.5. The van der Waals surface area contributed by atoms with E-state index < -0.39 is 11.8 Å². The molecule has 162 valence electrons.